The van der Waals surface area contributed by atoms with E-state index in [0.717, 1.165) is 24.9 Å². The Morgan fingerprint density at radius 2 is 2.00 bits per heavy atom. The van der Waals surface area contributed by atoms with Crippen molar-refractivity contribution in [3.63, 3.8) is 0 Å². The molecule has 2 aromatic heterocycles. The Hall–Kier alpha value is -3.52. The van der Waals surface area contributed by atoms with Crippen LogP contribution in [-0.4, -0.2) is 34.1 Å². The van der Waals surface area contributed by atoms with Gasteiger partial charge in [0.1, 0.15) is 29.0 Å². The first-order valence-corrected chi connectivity index (χ1v) is 11.1. The van der Waals surface area contributed by atoms with E-state index in [9.17, 15) is 9.18 Å². The fourth-order valence-electron chi connectivity index (χ4n) is 4.17. The van der Waals surface area contributed by atoms with Gasteiger partial charge in [0.05, 0.1) is 5.92 Å². The number of anilines is 1. The molecule has 1 atom stereocenters. The molecule has 1 saturated heterocycles. The van der Waals surface area contributed by atoms with Crippen LogP contribution in [0.25, 0.3) is 22.4 Å². The number of nitrogens with zero attached hydrogens (tertiary/aromatic N) is 4. The Morgan fingerprint density at radius 1 is 1.18 bits per heavy atom. The third-order valence-electron chi connectivity index (χ3n) is 5.87. The lowest BCUT2D eigenvalue weighted by atomic mass is 9.96. The van der Waals surface area contributed by atoms with E-state index in [0.29, 0.717) is 46.3 Å². The number of benzene rings is 2. The summed E-state index contributed by atoms with van der Waals surface area (Å²) < 4.78 is 18.8. The number of amides is 1. The van der Waals surface area contributed by atoms with E-state index in [4.69, 9.17) is 16.1 Å². The van der Waals surface area contributed by atoms with E-state index in [1.54, 1.807) is 12.1 Å². The van der Waals surface area contributed by atoms with Crippen molar-refractivity contribution in [3.8, 4) is 11.3 Å². The number of hydrogen-bond acceptors (Lipinski definition) is 6. The van der Waals surface area contributed by atoms with Crippen molar-refractivity contribution < 1.29 is 13.7 Å². The molecule has 1 aliphatic rings. The molecular formula is C24H21ClFN5O2. The van der Waals surface area contributed by atoms with Gasteiger partial charge < -0.3 is 14.7 Å². The molecule has 4 aromatic rings. The standard InChI is InChI=1S/C24H21ClFN5O2/c25-19-6-2-1-4-16(19)12-27-23(32)17-5-3-11-31(13-17)22-20-21(15-7-9-18(26)10-8-15)30-33-24(20)29-14-28-22/h1-2,4,6-10,14,17H,3,5,11-13H2,(H,27,32)/t17-/m0/s1. The average molecular weight is 466 g/mol. The van der Waals surface area contributed by atoms with Crippen LogP contribution in [0.4, 0.5) is 10.2 Å². The molecule has 0 saturated carbocycles. The fourth-order valence-corrected chi connectivity index (χ4v) is 4.37. The minimum atomic E-state index is -0.329. The minimum Gasteiger partial charge on any atom is -0.355 e. The SMILES string of the molecule is O=C(NCc1ccccc1Cl)[C@H]1CCCN(c2ncnc3onc(-c4ccc(F)cc4)c23)C1. The zero-order chi connectivity index (χ0) is 22.8. The van der Waals surface area contributed by atoms with Crippen molar-refractivity contribution in [3.05, 3.63) is 71.3 Å². The quantitative estimate of drug-likeness (QED) is 0.463. The summed E-state index contributed by atoms with van der Waals surface area (Å²) in [5.41, 5.74) is 2.49. The summed E-state index contributed by atoms with van der Waals surface area (Å²) in [4.78, 5) is 23.7. The van der Waals surface area contributed by atoms with Gasteiger partial charge in [0.25, 0.3) is 5.71 Å². The number of aromatic nitrogens is 3. The summed E-state index contributed by atoms with van der Waals surface area (Å²) in [5, 5.41) is 8.45. The first kappa shape index (κ1) is 21.3. The van der Waals surface area contributed by atoms with Crippen molar-refractivity contribution in [2.24, 2.45) is 5.92 Å². The van der Waals surface area contributed by atoms with Crippen molar-refractivity contribution in [2.75, 3.05) is 18.0 Å². The van der Waals surface area contributed by atoms with Gasteiger partial charge in [-0.1, -0.05) is 35.0 Å². The molecule has 1 N–H and O–H groups in total. The van der Waals surface area contributed by atoms with E-state index in [-0.39, 0.29) is 17.6 Å². The number of piperidine rings is 1. The zero-order valence-electron chi connectivity index (χ0n) is 17.7. The van der Waals surface area contributed by atoms with Crippen molar-refractivity contribution in [1.29, 1.82) is 0 Å². The normalized spacial score (nSPS) is 16.2. The first-order valence-electron chi connectivity index (χ1n) is 10.7. The highest BCUT2D eigenvalue weighted by Crippen LogP contribution is 2.34. The Balaban J connectivity index is 1.37. The van der Waals surface area contributed by atoms with Gasteiger partial charge in [-0.25, -0.2) is 9.37 Å². The van der Waals surface area contributed by atoms with Crippen LogP contribution in [0.3, 0.4) is 0 Å². The van der Waals surface area contributed by atoms with Crippen LogP contribution in [0.1, 0.15) is 18.4 Å². The van der Waals surface area contributed by atoms with Gasteiger partial charge in [-0.2, -0.15) is 4.98 Å². The van der Waals surface area contributed by atoms with Gasteiger partial charge in [-0.05, 0) is 48.7 Å². The van der Waals surface area contributed by atoms with Gasteiger partial charge in [-0.15, -0.1) is 0 Å². The molecule has 1 aliphatic heterocycles. The predicted octanol–water partition coefficient (Wildman–Crippen LogP) is 4.61. The molecule has 2 aromatic carbocycles. The Labute approximate surface area is 194 Å². The summed E-state index contributed by atoms with van der Waals surface area (Å²) in [7, 11) is 0. The molecule has 1 fully saturated rings. The molecule has 1 amide bonds. The van der Waals surface area contributed by atoms with Gasteiger partial charge in [0, 0.05) is 30.2 Å². The molecule has 0 radical (unpaired) electrons. The first-order chi connectivity index (χ1) is 16.1. The maximum atomic E-state index is 13.4. The highest BCUT2D eigenvalue weighted by atomic mass is 35.5. The maximum Gasteiger partial charge on any atom is 0.263 e. The lowest BCUT2D eigenvalue weighted by molar-refractivity contribution is -0.125. The number of hydrogen-bond donors (Lipinski definition) is 1. The van der Waals surface area contributed by atoms with Gasteiger partial charge >= 0.3 is 0 Å². The van der Waals surface area contributed by atoms with Gasteiger partial charge in [0.15, 0.2) is 0 Å². The van der Waals surface area contributed by atoms with E-state index < -0.39 is 0 Å². The summed E-state index contributed by atoms with van der Waals surface area (Å²) in [6, 6.07) is 13.5. The zero-order valence-corrected chi connectivity index (χ0v) is 18.4. The third kappa shape index (κ3) is 4.39. The highest BCUT2D eigenvalue weighted by Gasteiger charge is 2.29. The number of carbonyl (C=O) groups excluding carboxylic acids is 1. The van der Waals surface area contributed by atoms with Crippen molar-refractivity contribution in [1.82, 2.24) is 20.4 Å². The number of rotatable bonds is 5. The van der Waals surface area contributed by atoms with E-state index in [1.807, 2.05) is 24.3 Å². The molecule has 5 rings (SSSR count). The molecule has 9 heteroatoms. The van der Waals surface area contributed by atoms with Crippen LogP contribution >= 0.6 is 11.6 Å². The second kappa shape index (κ2) is 9.15. The smallest absolute Gasteiger partial charge is 0.263 e. The second-order valence-electron chi connectivity index (χ2n) is 8.01. The van der Waals surface area contributed by atoms with Crippen LogP contribution in [0.2, 0.25) is 5.02 Å². The lowest BCUT2D eigenvalue weighted by Crippen LogP contribution is -2.43. The molecule has 3 heterocycles. The van der Waals surface area contributed by atoms with Gasteiger partial charge in [0.2, 0.25) is 5.91 Å². The molecular weight excluding hydrogens is 445 g/mol. The third-order valence-corrected chi connectivity index (χ3v) is 6.24. The molecule has 7 nitrogen and oxygen atoms in total. The van der Waals surface area contributed by atoms with E-state index in [1.165, 1.54) is 18.5 Å². The second-order valence-corrected chi connectivity index (χ2v) is 8.42. The van der Waals surface area contributed by atoms with E-state index in [2.05, 4.69) is 25.3 Å². The van der Waals surface area contributed by atoms with Crippen LogP contribution in [0.5, 0.6) is 0 Å². The largest absolute Gasteiger partial charge is 0.355 e. The Bertz CT molecular complexity index is 1290. The van der Waals surface area contributed by atoms with E-state index >= 15 is 0 Å². The van der Waals surface area contributed by atoms with Crippen molar-refractivity contribution in [2.45, 2.75) is 19.4 Å². The highest BCUT2D eigenvalue weighted by molar-refractivity contribution is 6.31. The molecule has 0 bridgehead atoms. The monoisotopic (exact) mass is 465 g/mol. The minimum absolute atomic E-state index is 0.0194. The number of carbonyl (C=O) groups is 1. The van der Waals surface area contributed by atoms with Crippen molar-refractivity contribution >= 4 is 34.4 Å². The molecule has 168 valence electrons. The van der Waals surface area contributed by atoms with Crippen LogP contribution in [0.15, 0.2) is 59.4 Å². The fraction of sp³-hybridized carbons (Fsp3) is 0.250. The summed E-state index contributed by atoms with van der Waals surface area (Å²) in [6.45, 7) is 1.63. The summed E-state index contributed by atoms with van der Waals surface area (Å²) >= 11 is 6.21. The van der Waals surface area contributed by atoms with Gasteiger partial charge in [-0.3, -0.25) is 4.79 Å². The van der Waals surface area contributed by atoms with Crippen LogP contribution in [0, 0.1) is 11.7 Å². The summed E-state index contributed by atoms with van der Waals surface area (Å²) in [5.74, 6) is 0.114. The predicted molar refractivity (Wildman–Crippen MR) is 123 cm³/mol. The van der Waals surface area contributed by atoms with Crippen LogP contribution in [-0.2, 0) is 11.3 Å². The van der Waals surface area contributed by atoms with Crippen LogP contribution < -0.4 is 10.2 Å². The maximum absolute atomic E-state index is 13.4. The lowest BCUT2D eigenvalue weighted by Gasteiger charge is -2.33. The molecule has 0 unspecified atom stereocenters. The average Bonchev–Trinajstić information content (AvgIpc) is 3.28. The number of halogens is 2. The molecule has 33 heavy (non-hydrogen) atoms. The summed E-state index contributed by atoms with van der Waals surface area (Å²) in [6.07, 6.45) is 3.05. The molecule has 0 spiro atoms. The number of nitrogens with one attached hydrogen (secondary N) is 1. The molecule has 0 aliphatic carbocycles. The Kier molecular flexibility index (Phi) is 5.92. The Morgan fingerprint density at radius 3 is 2.82 bits per heavy atom. The number of fused-ring (bicyclic) bond motifs is 1. The topological polar surface area (TPSA) is 84.2 Å².